The molecule has 0 fully saturated rings. The van der Waals surface area contributed by atoms with Gasteiger partial charge in [0.15, 0.2) is 0 Å². The van der Waals surface area contributed by atoms with E-state index in [1.54, 1.807) is 0 Å². The molecule has 0 radical (unpaired) electrons. The van der Waals surface area contributed by atoms with Gasteiger partial charge in [-0.15, -0.1) is 11.6 Å². The lowest BCUT2D eigenvalue weighted by Gasteiger charge is -2.07. The van der Waals surface area contributed by atoms with Gasteiger partial charge in [-0.3, -0.25) is 0 Å². The van der Waals surface area contributed by atoms with E-state index in [1.165, 1.54) is 0 Å². The smallest absolute Gasteiger partial charge is 0.143 e. The summed E-state index contributed by atoms with van der Waals surface area (Å²) in [4.78, 5) is 0. The minimum absolute atomic E-state index is 0.219. The fraction of sp³-hybridized carbons (Fsp3) is 0.875. The summed E-state index contributed by atoms with van der Waals surface area (Å²) in [6.45, 7) is 5.22. The molecule has 4 heteroatoms. The van der Waals surface area contributed by atoms with Crippen molar-refractivity contribution in [1.82, 2.24) is 0 Å². The van der Waals surface area contributed by atoms with Gasteiger partial charge in [-0.1, -0.05) is 0 Å². The van der Waals surface area contributed by atoms with Crippen molar-refractivity contribution < 1.29 is 9.47 Å². The molecule has 0 saturated heterocycles. The van der Waals surface area contributed by atoms with Crippen molar-refractivity contribution in [2.75, 3.05) is 19.8 Å². The highest BCUT2D eigenvalue weighted by molar-refractivity contribution is 6.22. The monoisotopic (exact) mass is 191 g/mol. The number of ether oxygens (including phenoxy) is 2. The average Bonchev–Trinajstić information content (AvgIpc) is 2.03. The second kappa shape index (κ2) is 7.35. The first-order chi connectivity index (χ1) is 5.66. The van der Waals surface area contributed by atoms with Crippen LogP contribution in [0.4, 0.5) is 0 Å². The molecule has 0 aromatic carbocycles. The van der Waals surface area contributed by atoms with Crippen LogP contribution in [0.1, 0.15) is 13.8 Å². The number of halogens is 1. The Hall–Kier alpha value is -0.300. The molecule has 0 bridgehead atoms. The van der Waals surface area contributed by atoms with E-state index >= 15 is 0 Å². The van der Waals surface area contributed by atoms with Gasteiger partial charge in [0.05, 0.1) is 32.0 Å². The van der Waals surface area contributed by atoms with Gasteiger partial charge < -0.3 is 9.47 Å². The minimum atomic E-state index is -0.552. The van der Waals surface area contributed by atoms with Gasteiger partial charge in [0.2, 0.25) is 0 Å². The van der Waals surface area contributed by atoms with Crippen molar-refractivity contribution in [3.63, 3.8) is 0 Å². The fourth-order valence-corrected chi connectivity index (χ4v) is 0.656. The van der Waals surface area contributed by atoms with E-state index in [4.69, 9.17) is 26.3 Å². The third kappa shape index (κ3) is 7.80. The largest absolute Gasteiger partial charge is 0.376 e. The van der Waals surface area contributed by atoms with Gasteiger partial charge in [0.1, 0.15) is 5.38 Å². The molecule has 0 amide bonds. The molecule has 1 atom stereocenters. The van der Waals surface area contributed by atoms with Crippen LogP contribution in [-0.4, -0.2) is 31.3 Å². The van der Waals surface area contributed by atoms with Gasteiger partial charge in [0.25, 0.3) is 0 Å². The zero-order valence-corrected chi connectivity index (χ0v) is 8.17. The third-order valence-electron chi connectivity index (χ3n) is 1.08. The van der Waals surface area contributed by atoms with Crippen LogP contribution in [0.2, 0.25) is 0 Å². The van der Waals surface area contributed by atoms with Crippen LogP contribution >= 0.6 is 11.6 Å². The van der Waals surface area contributed by atoms with Crippen LogP contribution < -0.4 is 0 Å². The normalized spacial score (nSPS) is 12.9. The van der Waals surface area contributed by atoms with Gasteiger partial charge >= 0.3 is 0 Å². The van der Waals surface area contributed by atoms with E-state index in [2.05, 4.69) is 0 Å². The Morgan fingerprint density at radius 2 is 2.08 bits per heavy atom. The number of nitrogens with zero attached hydrogens (tertiary/aromatic N) is 1. The first-order valence-corrected chi connectivity index (χ1v) is 4.33. The number of hydrogen-bond acceptors (Lipinski definition) is 3. The quantitative estimate of drug-likeness (QED) is 0.473. The number of nitriles is 1. The highest BCUT2D eigenvalue weighted by Crippen LogP contribution is 1.94. The Kier molecular flexibility index (Phi) is 7.17. The fourth-order valence-electron chi connectivity index (χ4n) is 0.567. The SMILES string of the molecule is CC(C)OCCOCC(Cl)C#N. The summed E-state index contributed by atoms with van der Waals surface area (Å²) < 4.78 is 10.3. The topological polar surface area (TPSA) is 42.2 Å². The first kappa shape index (κ1) is 11.7. The summed E-state index contributed by atoms with van der Waals surface area (Å²) >= 11 is 5.48. The molecule has 0 aromatic rings. The van der Waals surface area contributed by atoms with Gasteiger partial charge in [-0.25, -0.2) is 0 Å². The van der Waals surface area contributed by atoms with Crippen molar-refractivity contribution in [2.24, 2.45) is 0 Å². The molecule has 0 rings (SSSR count). The second-order valence-corrected chi connectivity index (χ2v) is 3.12. The van der Waals surface area contributed by atoms with Crippen molar-refractivity contribution in [1.29, 1.82) is 5.26 Å². The molecule has 0 aliphatic carbocycles. The molecule has 0 saturated carbocycles. The Labute approximate surface area is 78.2 Å². The van der Waals surface area contributed by atoms with Crippen molar-refractivity contribution in [3.05, 3.63) is 0 Å². The van der Waals surface area contributed by atoms with Crippen LogP contribution in [0.5, 0.6) is 0 Å². The highest BCUT2D eigenvalue weighted by Gasteiger charge is 2.00. The van der Waals surface area contributed by atoms with Crippen molar-refractivity contribution >= 4 is 11.6 Å². The molecule has 0 aromatic heterocycles. The van der Waals surface area contributed by atoms with Gasteiger partial charge in [-0.05, 0) is 13.8 Å². The maximum atomic E-state index is 8.29. The zero-order chi connectivity index (χ0) is 9.40. The van der Waals surface area contributed by atoms with Crippen LogP contribution in [0.15, 0.2) is 0 Å². The molecule has 1 unspecified atom stereocenters. The molecular formula is C8H14ClNO2. The molecule has 70 valence electrons. The Bertz CT molecular complexity index is 144. The number of alkyl halides is 1. The van der Waals surface area contributed by atoms with E-state index in [0.29, 0.717) is 13.2 Å². The van der Waals surface area contributed by atoms with Crippen LogP contribution in [0.3, 0.4) is 0 Å². The lowest BCUT2D eigenvalue weighted by Crippen LogP contribution is -2.13. The third-order valence-corrected chi connectivity index (χ3v) is 1.31. The molecule has 3 nitrogen and oxygen atoms in total. The number of rotatable bonds is 6. The summed E-state index contributed by atoms with van der Waals surface area (Å²) in [6, 6.07) is 1.86. The van der Waals surface area contributed by atoms with E-state index in [-0.39, 0.29) is 12.7 Å². The Morgan fingerprint density at radius 1 is 1.42 bits per heavy atom. The summed E-state index contributed by atoms with van der Waals surface area (Å²) in [5, 5.41) is 7.73. The average molecular weight is 192 g/mol. The van der Waals surface area contributed by atoms with E-state index in [1.807, 2.05) is 19.9 Å². The molecule has 12 heavy (non-hydrogen) atoms. The Balaban J connectivity index is 3.07. The predicted molar refractivity (Wildman–Crippen MR) is 47.2 cm³/mol. The summed E-state index contributed by atoms with van der Waals surface area (Å²) in [6.07, 6.45) is 0.219. The summed E-state index contributed by atoms with van der Waals surface area (Å²) in [7, 11) is 0. The van der Waals surface area contributed by atoms with E-state index in [0.717, 1.165) is 0 Å². The van der Waals surface area contributed by atoms with Crippen LogP contribution in [-0.2, 0) is 9.47 Å². The minimum Gasteiger partial charge on any atom is -0.376 e. The van der Waals surface area contributed by atoms with E-state index < -0.39 is 5.38 Å². The maximum Gasteiger partial charge on any atom is 0.143 e. The molecule has 0 heterocycles. The predicted octanol–water partition coefficient (Wildman–Crippen LogP) is 1.56. The molecule has 0 aliphatic rings. The maximum absolute atomic E-state index is 8.29. The second-order valence-electron chi connectivity index (χ2n) is 2.59. The summed E-state index contributed by atoms with van der Waals surface area (Å²) in [5.74, 6) is 0. The van der Waals surface area contributed by atoms with Crippen molar-refractivity contribution in [3.8, 4) is 6.07 Å². The zero-order valence-electron chi connectivity index (χ0n) is 7.42. The van der Waals surface area contributed by atoms with Crippen molar-refractivity contribution in [2.45, 2.75) is 25.3 Å². The number of hydrogen-bond donors (Lipinski definition) is 0. The lowest BCUT2D eigenvalue weighted by atomic mass is 10.5. The molecule has 0 aliphatic heterocycles. The lowest BCUT2D eigenvalue weighted by molar-refractivity contribution is 0.0215. The first-order valence-electron chi connectivity index (χ1n) is 3.90. The standard InChI is InChI=1S/C8H14ClNO2/c1-7(2)12-4-3-11-6-8(9)5-10/h7-8H,3-4,6H2,1-2H3. The highest BCUT2D eigenvalue weighted by atomic mass is 35.5. The van der Waals surface area contributed by atoms with Crippen LogP contribution in [0.25, 0.3) is 0 Å². The van der Waals surface area contributed by atoms with Gasteiger partial charge in [-0.2, -0.15) is 5.26 Å². The van der Waals surface area contributed by atoms with Gasteiger partial charge in [0, 0.05) is 0 Å². The molecule has 0 spiro atoms. The molecule has 0 N–H and O–H groups in total. The molecular weight excluding hydrogens is 178 g/mol. The Morgan fingerprint density at radius 3 is 2.58 bits per heavy atom. The van der Waals surface area contributed by atoms with E-state index in [9.17, 15) is 0 Å². The van der Waals surface area contributed by atoms with Crippen LogP contribution in [0, 0.1) is 11.3 Å². The summed E-state index contributed by atoms with van der Waals surface area (Å²) in [5.41, 5.74) is 0.